The van der Waals surface area contributed by atoms with Crippen molar-refractivity contribution in [3.05, 3.63) is 18.2 Å². The number of nitrogens with two attached hydrogens (primary N) is 1. The van der Waals surface area contributed by atoms with E-state index in [2.05, 4.69) is 25.9 Å². The Kier molecular flexibility index (Phi) is 11.2. The summed E-state index contributed by atoms with van der Waals surface area (Å²) >= 11 is 0. The molecular formula is C21H34N6O7. The van der Waals surface area contributed by atoms with Crippen LogP contribution in [0.5, 0.6) is 0 Å². The van der Waals surface area contributed by atoms with Crippen molar-refractivity contribution in [3.8, 4) is 0 Å². The quantitative estimate of drug-likeness (QED) is 0.173. The zero-order chi connectivity index (χ0) is 26.0. The Balaban J connectivity index is 2.94. The van der Waals surface area contributed by atoms with E-state index in [0.717, 1.165) is 0 Å². The van der Waals surface area contributed by atoms with Crippen LogP contribution in [0.2, 0.25) is 0 Å². The lowest BCUT2D eigenvalue weighted by atomic mass is 9.96. The number of aromatic amines is 1. The minimum absolute atomic E-state index is 0.178. The molecule has 0 aliphatic carbocycles. The topological polar surface area (TPSA) is 217 Å². The second-order valence-corrected chi connectivity index (χ2v) is 8.49. The molecule has 34 heavy (non-hydrogen) atoms. The van der Waals surface area contributed by atoms with E-state index in [1.165, 1.54) is 12.5 Å². The Morgan fingerprint density at radius 3 is 2.06 bits per heavy atom. The van der Waals surface area contributed by atoms with Crippen molar-refractivity contribution in [3.63, 3.8) is 0 Å². The first kappa shape index (κ1) is 28.6. The molecule has 1 rings (SSSR count). The van der Waals surface area contributed by atoms with Gasteiger partial charge in [0.25, 0.3) is 0 Å². The van der Waals surface area contributed by atoms with Gasteiger partial charge in [-0.1, -0.05) is 34.1 Å². The van der Waals surface area contributed by atoms with Crippen LogP contribution in [0.15, 0.2) is 12.5 Å². The van der Waals surface area contributed by atoms with Gasteiger partial charge in [-0.05, 0) is 11.8 Å². The SMILES string of the molecule is CCC(C)C(NC(=O)C(N)Cc1cnc[nH]1)C(=O)NC(C(=O)NC(CC(=O)O)C(=O)O)C(C)C. The van der Waals surface area contributed by atoms with Crippen molar-refractivity contribution >= 4 is 29.7 Å². The molecule has 5 unspecified atom stereocenters. The number of aromatic nitrogens is 2. The highest BCUT2D eigenvalue weighted by Crippen LogP contribution is 2.11. The third kappa shape index (κ3) is 8.81. The van der Waals surface area contributed by atoms with Gasteiger partial charge in [0.2, 0.25) is 17.7 Å². The lowest BCUT2D eigenvalue weighted by Gasteiger charge is -2.29. The predicted octanol–water partition coefficient (Wildman–Crippen LogP) is -1.00. The van der Waals surface area contributed by atoms with Crippen molar-refractivity contribution in [1.82, 2.24) is 25.9 Å². The highest BCUT2D eigenvalue weighted by molar-refractivity contribution is 5.94. The van der Waals surface area contributed by atoms with Crippen molar-refractivity contribution in [2.75, 3.05) is 0 Å². The summed E-state index contributed by atoms with van der Waals surface area (Å²) in [5, 5.41) is 25.4. The largest absolute Gasteiger partial charge is 0.481 e. The first-order chi connectivity index (χ1) is 15.9. The van der Waals surface area contributed by atoms with Crippen LogP contribution in [0.25, 0.3) is 0 Å². The third-order valence-electron chi connectivity index (χ3n) is 5.36. The van der Waals surface area contributed by atoms with Gasteiger partial charge in [0.05, 0.1) is 18.8 Å². The Labute approximate surface area is 197 Å². The molecule has 0 aromatic carbocycles. The number of amides is 3. The molecule has 0 fully saturated rings. The molecule has 3 amide bonds. The second kappa shape index (κ2) is 13.3. The second-order valence-electron chi connectivity index (χ2n) is 8.49. The van der Waals surface area contributed by atoms with Gasteiger partial charge in [-0.2, -0.15) is 0 Å². The summed E-state index contributed by atoms with van der Waals surface area (Å²) < 4.78 is 0. The van der Waals surface area contributed by atoms with E-state index in [1.807, 2.05) is 6.92 Å². The van der Waals surface area contributed by atoms with Crippen molar-refractivity contribution in [1.29, 1.82) is 0 Å². The first-order valence-electron chi connectivity index (χ1n) is 11.0. The highest BCUT2D eigenvalue weighted by atomic mass is 16.4. The number of hydrogen-bond acceptors (Lipinski definition) is 7. The van der Waals surface area contributed by atoms with E-state index in [1.54, 1.807) is 20.8 Å². The fraction of sp³-hybridized carbons (Fsp3) is 0.619. The smallest absolute Gasteiger partial charge is 0.326 e. The normalized spacial score (nSPS) is 15.5. The Morgan fingerprint density at radius 2 is 1.59 bits per heavy atom. The van der Waals surface area contributed by atoms with Crippen LogP contribution in [0.3, 0.4) is 0 Å². The molecule has 0 saturated heterocycles. The molecule has 13 heteroatoms. The Bertz CT molecular complexity index is 858. The maximum absolute atomic E-state index is 13.1. The summed E-state index contributed by atoms with van der Waals surface area (Å²) in [4.78, 5) is 67.3. The van der Waals surface area contributed by atoms with Crippen LogP contribution in [-0.4, -0.2) is 74.0 Å². The molecule has 0 aliphatic rings. The Morgan fingerprint density at radius 1 is 1.00 bits per heavy atom. The molecule has 1 aromatic heterocycles. The Hall–Kier alpha value is -3.48. The number of carboxylic acid groups (broad SMARTS) is 2. The predicted molar refractivity (Wildman–Crippen MR) is 120 cm³/mol. The number of imidazole rings is 1. The summed E-state index contributed by atoms with van der Waals surface area (Å²) in [7, 11) is 0. The molecule has 1 aromatic rings. The van der Waals surface area contributed by atoms with Gasteiger partial charge in [0, 0.05) is 18.3 Å². The molecule has 5 atom stereocenters. The first-order valence-corrected chi connectivity index (χ1v) is 11.0. The van der Waals surface area contributed by atoms with Crippen molar-refractivity contribution < 1.29 is 34.2 Å². The number of carbonyl (C=O) groups is 5. The number of nitrogens with zero attached hydrogens (tertiary/aromatic N) is 1. The molecule has 0 spiro atoms. The molecule has 0 radical (unpaired) electrons. The minimum atomic E-state index is -1.66. The summed E-state index contributed by atoms with van der Waals surface area (Å²) in [6, 6.07) is -4.77. The number of rotatable bonds is 14. The van der Waals surface area contributed by atoms with Gasteiger partial charge in [-0.25, -0.2) is 9.78 Å². The van der Waals surface area contributed by atoms with Gasteiger partial charge in [-0.15, -0.1) is 0 Å². The maximum atomic E-state index is 13.1. The van der Waals surface area contributed by atoms with Crippen LogP contribution < -0.4 is 21.7 Å². The van der Waals surface area contributed by atoms with E-state index in [0.29, 0.717) is 12.1 Å². The maximum Gasteiger partial charge on any atom is 0.326 e. The van der Waals surface area contributed by atoms with Crippen LogP contribution in [-0.2, 0) is 30.4 Å². The molecule has 13 nitrogen and oxygen atoms in total. The van der Waals surface area contributed by atoms with E-state index < -0.39 is 66.2 Å². The van der Waals surface area contributed by atoms with E-state index >= 15 is 0 Å². The standard InChI is InChI=1S/C21H34N6O7/c1-5-11(4)17(27-18(30)13(22)6-12-8-23-9-24-12)20(32)26-16(10(2)3)19(31)25-14(21(33)34)7-15(28)29/h8-11,13-14,16-17H,5-7,22H2,1-4H3,(H,23,24)(H,25,31)(H,26,32)(H,27,30)(H,28,29)(H,33,34). The summed E-state index contributed by atoms with van der Waals surface area (Å²) in [6.45, 7) is 6.85. The molecule has 1 heterocycles. The van der Waals surface area contributed by atoms with Crippen molar-refractivity contribution in [2.24, 2.45) is 17.6 Å². The molecule has 0 bridgehead atoms. The number of nitrogens with one attached hydrogen (secondary N) is 4. The van der Waals surface area contributed by atoms with Gasteiger partial charge >= 0.3 is 11.9 Å². The van der Waals surface area contributed by atoms with Gasteiger partial charge < -0.3 is 36.9 Å². The van der Waals surface area contributed by atoms with Gasteiger partial charge in [0.1, 0.15) is 18.1 Å². The average molecular weight is 483 g/mol. The minimum Gasteiger partial charge on any atom is -0.481 e. The zero-order valence-electron chi connectivity index (χ0n) is 19.7. The summed E-state index contributed by atoms with van der Waals surface area (Å²) in [5.41, 5.74) is 6.61. The van der Waals surface area contributed by atoms with Gasteiger partial charge in [-0.3, -0.25) is 19.2 Å². The number of carboxylic acids is 2. The van der Waals surface area contributed by atoms with Crippen LogP contribution in [0.1, 0.15) is 46.2 Å². The fourth-order valence-corrected chi connectivity index (χ4v) is 3.10. The molecule has 0 aliphatic heterocycles. The monoisotopic (exact) mass is 482 g/mol. The van der Waals surface area contributed by atoms with E-state index in [-0.39, 0.29) is 12.3 Å². The third-order valence-corrected chi connectivity index (χ3v) is 5.36. The van der Waals surface area contributed by atoms with E-state index in [4.69, 9.17) is 10.8 Å². The van der Waals surface area contributed by atoms with Crippen LogP contribution >= 0.6 is 0 Å². The van der Waals surface area contributed by atoms with E-state index in [9.17, 15) is 29.1 Å². The van der Waals surface area contributed by atoms with Crippen molar-refractivity contribution in [2.45, 2.75) is 71.1 Å². The average Bonchev–Trinajstić information content (AvgIpc) is 3.26. The summed E-state index contributed by atoms with van der Waals surface area (Å²) in [6.07, 6.45) is 2.88. The molecule has 8 N–H and O–H groups in total. The lowest BCUT2D eigenvalue weighted by Crippen LogP contribution is -2.60. The molecule has 0 saturated carbocycles. The fourth-order valence-electron chi connectivity index (χ4n) is 3.10. The molecular weight excluding hydrogens is 448 g/mol. The summed E-state index contributed by atoms with van der Waals surface area (Å²) in [5.74, 6) is -5.73. The number of H-pyrrole nitrogens is 1. The zero-order valence-corrected chi connectivity index (χ0v) is 19.7. The number of hydrogen-bond donors (Lipinski definition) is 7. The van der Waals surface area contributed by atoms with Gasteiger partial charge in [0.15, 0.2) is 0 Å². The number of carbonyl (C=O) groups excluding carboxylic acids is 3. The number of aliphatic carboxylic acids is 2. The van der Waals surface area contributed by atoms with Crippen LogP contribution in [0, 0.1) is 11.8 Å². The lowest BCUT2D eigenvalue weighted by molar-refractivity contribution is -0.147. The van der Waals surface area contributed by atoms with Crippen LogP contribution in [0.4, 0.5) is 0 Å². The molecule has 190 valence electrons. The highest BCUT2D eigenvalue weighted by Gasteiger charge is 2.34.